The number of amides is 1. The highest BCUT2D eigenvalue weighted by Gasteiger charge is 2.18. The van der Waals surface area contributed by atoms with Gasteiger partial charge < -0.3 is 14.2 Å². The second kappa shape index (κ2) is 9.38. The number of benzene rings is 2. The second-order valence-corrected chi connectivity index (χ2v) is 7.45. The Kier molecular flexibility index (Phi) is 6.66. The van der Waals surface area contributed by atoms with Crippen molar-refractivity contribution >= 4 is 22.4 Å². The molecular weight excluding hydrogens is 390 g/mol. The third kappa shape index (κ3) is 4.83. The molecule has 29 heavy (non-hydrogen) atoms. The van der Waals surface area contributed by atoms with E-state index in [1.807, 2.05) is 18.2 Å². The minimum atomic E-state index is -0.330. The van der Waals surface area contributed by atoms with Gasteiger partial charge in [0, 0.05) is 12.0 Å². The first-order valence-corrected chi connectivity index (χ1v) is 9.86. The number of nitrogens with one attached hydrogen (secondary N) is 1. The molecule has 1 N–H and O–H groups in total. The van der Waals surface area contributed by atoms with Gasteiger partial charge in [-0.1, -0.05) is 48.6 Å². The number of hydrogen-bond donors (Lipinski definition) is 1. The Labute approximate surface area is 173 Å². The zero-order chi connectivity index (χ0) is 20.8. The zero-order valence-electron chi connectivity index (χ0n) is 16.8. The van der Waals surface area contributed by atoms with Crippen LogP contribution in [-0.2, 0) is 6.42 Å². The lowest BCUT2D eigenvalue weighted by atomic mass is 9.98. The molecule has 0 saturated carbocycles. The Morgan fingerprint density at radius 1 is 1.03 bits per heavy atom. The summed E-state index contributed by atoms with van der Waals surface area (Å²) >= 11 is 1.37. The van der Waals surface area contributed by atoms with E-state index in [0.717, 1.165) is 11.4 Å². The first kappa shape index (κ1) is 20.6. The van der Waals surface area contributed by atoms with E-state index in [2.05, 4.69) is 34.6 Å². The Morgan fingerprint density at radius 2 is 1.69 bits per heavy atom. The Hall–Kier alpha value is -3.13. The Morgan fingerprint density at radius 3 is 2.28 bits per heavy atom. The van der Waals surface area contributed by atoms with E-state index in [1.54, 1.807) is 12.1 Å². The summed E-state index contributed by atoms with van der Waals surface area (Å²) in [4.78, 5) is 12.7. The van der Waals surface area contributed by atoms with Crippen LogP contribution in [0.5, 0.6) is 17.2 Å². The zero-order valence-corrected chi connectivity index (χ0v) is 17.6. The van der Waals surface area contributed by atoms with Gasteiger partial charge in [0.2, 0.25) is 10.9 Å². The standard InChI is InChI=1S/C21H23N3O4S/c1-13(14-8-6-5-7-9-14)10-18-23-24-21(29-18)22-20(25)15-11-16(26-2)19(28-4)17(12-15)27-3/h5-9,11-13H,10H2,1-4H3,(H,22,24,25). The topological polar surface area (TPSA) is 82.6 Å². The highest BCUT2D eigenvalue weighted by atomic mass is 32.1. The van der Waals surface area contributed by atoms with Crippen molar-refractivity contribution in [2.45, 2.75) is 19.3 Å². The van der Waals surface area contributed by atoms with Gasteiger partial charge in [-0.3, -0.25) is 10.1 Å². The van der Waals surface area contributed by atoms with E-state index in [4.69, 9.17) is 14.2 Å². The largest absolute Gasteiger partial charge is 0.493 e. The predicted molar refractivity (Wildman–Crippen MR) is 113 cm³/mol. The van der Waals surface area contributed by atoms with Crippen LogP contribution in [-0.4, -0.2) is 37.4 Å². The maximum atomic E-state index is 12.7. The first-order chi connectivity index (χ1) is 14.0. The highest BCUT2D eigenvalue weighted by Crippen LogP contribution is 2.38. The average Bonchev–Trinajstić information content (AvgIpc) is 3.19. The summed E-state index contributed by atoms with van der Waals surface area (Å²) in [7, 11) is 4.52. The lowest BCUT2D eigenvalue weighted by molar-refractivity contribution is 0.102. The van der Waals surface area contributed by atoms with Crippen LogP contribution < -0.4 is 19.5 Å². The quantitative estimate of drug-likeness (QED) is 0.597. The minimum absolute atomic E-state index is 0.308. The predicted octanol–water partition coefficient (Wildman–Crippen LogP) is 4.16. The smallest absolute Gasteiger partial charge is 0.257 e. The lowest BCUT2D eigenvalue weighted by Gasteiger charge is -2.13. The van der Waals surface area contributed by atoms with Gasteiger partial charge in [0.05, 0.1) is 21.3 Å². The number of ether oxygens (including phenoxy) is 3. The molecule has 1 aromatic heterocycles. The van der Waals surface area contributed by atoms with Crippen LogP contribution in [0.25, 0.3) is 0 Å². The molecule has 0 saturated heterocycles. The van der Waals surface area contributed by atoms with Crippen molar-refractivity contribution in [2.75, 3.05) is 26.6 Å². The highest BCUT2D eigenvalue weighted by molar-refractivity contribution is 7.15. The van der Waals surface area contributed by atoms with Crippen LogP contribution in [0, 0.1) is 0 Å². The van der Waals surface area contributed by atoms with E-state index in [0.29, 0.717) is 33.9 Å². The minimum Gasteiger partial charge on any atom is -0.493 e. The number of anilines is 1. The summed E-state index contributed by atoms with van der Waals surface area (Å²) in [6.45, 7) is 2.14. The molecule has 3 aromatic rings. The molecule has 0 radical (unpaired) electrons. The molecule has 152 valence electrons. The number of carbonyl (C=O) groups is 1. The van der Waals surface area contributed by atoms with Crippen molar-refractivity contribution in [1.82, 2.24) is 10.2 Å². The van der Waals surface area contributed by atoms with E-state index >= 15 is 0 Å². The molecule has 0 bridgehead atoms. The van der Waals surface area contributed by atoms with E-state index in [1.165, 1.54) is 38.2 Å². The van der Waals surface area contributed by atoms with Crippen molar-refractivity contribution in [2.24, 2.45) is 0 Å². The fraction of sp³-hybridized carbons (Fsp3) is 0.286. The fourth-order valence-corrected chi connectivity index (χ4v) is 3.79. The van der Waals surface area contributed by atoms with Gasteiger partial charge in [0.25, 0.3) is 5.91 Å². The molecule has 2 aromatic carbocycles. The van der Waals surface area contributed by atoms with Gasteiger partial charge in [-0.25, -0.2) is 0 Å². The van der Waals surface area contributed by atoms with Crippen LogP contribution in [0.4, 0.5) is 5.13 Å². The van der Waals surface area contributed by atoms with Crippen molar-refractivity contribution in [3.8, 4) is 17.2 Å². The molecule has 1 atom stereocenters. The average molecular weight is 413 g/mol. The van der Waals surface area contributed by atoms with Gasteiger partial charge in [-0.05, 0) is 23.6 Å². The first-order valence-electron chi connectivity index (χ1n) is 9.04. The summed E-state index contributed by atoms with van der Waals surface area (Å²) in [6.07, 6.45) is 0.752. The van der Waals surface area contributed by atoms with Crippen molar-refractivity contribution in [3.05, 3.63) is 58.6 Å². The third-order valence-electron chi connectivity index (χ3n) is 4.46. The van der Waals surface area contributed by atoms with E-state index < -0.39 is 0 Å². The number of carbonyl (C=O) groups excluding carboxylic acids is 1. The molecule has 0 aliphatic rings. The second-order valence-electron chi connectivity index (χ2n) is 6.38. The molecule has 1 heterocycles. The maximum absolute atomic E-state index is 12.7. The summed E-state index contributed by atoms with van der Waals surface area (Å²) in [5.41, 5.74) is 1.61. The van der Waals surface area contributed by atoms with Gasteiger partial charge in [-0.2, -0.15) is 0 Å². The molecule has 0 fully saturated rings. The van der Waals surface area contributed by atoms with E-state index in [-0.39, 0.29) is 5.91 Å². The van der Waals surface area contributed by atoms with E-state index in [9.17, 15) is 4.79 Å². The summed E-state index contributed by atoms with van der Waals surface area (Å²) in [5, 5.41) is 12.4. The fourth-order valence-electron chi connectivity index (χ4n) is 2.93. The molecule has 3 rings (SSSR count). The summed E-state index contributed by atoms with van der Waals surface area (Å²) in [6, 6.07) is 13.4. The number of hydrogen-bond acceptors (Lipinski definition) is 7. The van der Waals surface area contributed by atoms with Crippen LogP contribution in [0.15, 0.2) is 42.5 Å². The monoisotopic (exact) mass is 413 g/mol. The van der Waals surface area contributed by atoms with Crippen molar-refractivity contribution < 1.29 is 19.0 Å². The van der Waals surface area contributed by atoms with Gasteiger partial charge in [0.15, 0.2) is 11.5 Å². The summed E-state index contributed by atoms with van der Waals surface area (Å²) in [5.74, 6) is 1.23. The Balaban J connectivity index is 1.72. The van der Waals surface area contributed by atoms with Gasteiger partial charge >= 0.3 is 0 Å². The van der Waals surface area contributed by atoms with Gasteiger partial charge in [0.1, 0.15) is 5.01 Å². The molecule has 0 aliphatic heterocycles. The summed E-state index contributed by atoms with van der Waals surface area (Å²) < 4.78 is 15.9. The molecule has 1 amide bonds. The van der Waals surface area contributed by atoms with Crippen LogP contribution in [0.1, 0.15) is 33.8 Å². The van der Waals surface area contributed by atoms with Crippen LogP contribution in [0.2, 0.25) is 0 Å². The number of aromatic nitrogens is 2. The normalized spacial score (nSPS) is 11.6. The third-order valence-corrected chi connectivity index (χ3v) is 5.32. The molecule has 7 nitrogen and oxygen atoms in total. The molecule has 8 heteroatoms. The molecule has 0 spiro atoms. The van der Waals surface area contributed by atoms with Gasteiger partial charge in [-0.15, -0.1) is 10.2 Å². The number of rotatable bonds is 8. The van der Waals surface area contributed by atoms with Crippen LogP contribution in [0.3, 0.4) is 0 Å². The lowest BCUT2D eigenvalue weighted by Crippen LogP contribution is -2.12. The molecular formula is C21H23N3O4S. The SMILES string of the molecule is COc1cc(C(=O)Nc2nnc(CC(C)c3ccccc3)s2)cc(OC)c1OC. The molecule has 0 aliphatic carbocycles. The van der Waals surface area contributed by atoms with Crippen molar-refractivity contribution in [3.63, 3.8) is 0 Å². The Bertz CT molecular complexity index is 950. The van der Waals surface area contributed by atoms with Crippen LogP contribution >= 0.6 is 11.3 Å². The number of nitrogens with zero attached hydrogens (tertiary/aromatic N) is 2. The maximum Gasteiger partial charge on any atom is 0.257 e. The number of methoxy groups -OCH3 is 3. The van der Waals surface area contributed by atoms with Crippen molar-refractivity contribution in [1.29, 1.82) is 0 Å². The molecule has 1 unspecified atom stereocenters.